The molecule has 0 aromatic heterocycles. The van der Waals surface area contributed by atoms with Gasteiger partial charge in [-0.3, -0.25) is 9.59 Å². The number of hydrogen-bond donors (Lipinski definition) is 3. The number of carbonyl (C=O) groups is 2. The van der Waals surface area contributed by atoms with E-state index in [-0.39, 0.29) is 5.75 Å². The van der Waals surface area contributed by atoms with Crippen molar-refractivity contribution in [2.45, 2.75) is 19.8 Å². The number of aryl methyl sites for hydroxylation is 2. The summed E-state index contributed by atoms with van der Waals surface area (Å²) in [6, 6.07) is 2.92. The molecule has 0 aliphatic carbocycles. The lowest BCUT2D eigenvalue weighted by atomic mass is 9.89. The van der Waals surface area contributed by atoms with Crippen molar-refractivity contribution in [2.24, 2.45) is 11.5 Å². The van der Waals surface area contributed by atoms with Crippen molar-refractivity contribution >= 4 is 11.8 Å². The van der Waals surface area contributed by atoms with Gasteiger partial charge in [0, 0.05) is 0 Å². The highest BCUT2D eigenvalue weighted by Gasteiger charge is 2.27. The smallest absolute Gasteiger partial charge is 0.234 e. The molecule has 0 unspecified atom stereocenters. The second kappa shape index (κ2) is 4.22. The van der Waals surface area contributed by atoms with Crippen LogP contribution < -0.4 is 11.5 Å². The molecule has 0 aliphatic heterocycles. The molecule has 0 heterocycles. The summed E-state index contributed by atoms with van der Waals surface area (Å²) in [5.41, 5.74) is 12.0. The van der Waals surface area contributed by atoms with Gasteiger partial charge in [-0.05, 0) is 42.7 Å². The average molecular weight is 222 g/mol. The van der Waals surface area contributed by atoms with Gasteiger partial charge in [-0.2, -0.15) is 0 Å². The lowest BCUT2D eigenvalue weighted by Gasteiger charge is -2.16. The minimum absolute atomic E-state index is 0.0754. The van der Waals surface area contributed by atoms with E-state index in [1.807, 2.05) is 0 Å². The van der Waals surface area contributed by atoms with Crippen LogP contribution in [0.25, 0.3) is 0 Å². The van der Waals surface area contributed by atoms with E-state index in [0.29, 0.717) is 16.7 Å². The Hall–Kier alpha value is -2.04. The highest BCUT2D eigenvalue weighted by molar-refractivity contribution is 6.04. The molecule has 0 radical (unpaired) electrons. The van der Waals surface area contributed by atoms with Crippen molar-refractivity contribution in [1.29, 1.82) is 0 Å². The van der Waals surface area contributed by atoms with Gasteiger partial charge in [-0.15, -0.1) is 0 Å². The van der Waals surface area contributed by atoms with Gasteiger partial charge < -0.3 is 16.6 Å². The molecular formula is C11H14N2O3. The molecule has 5 nitrogen and oxygen atoms in total. The van der Waals surface area contributed by atoms with Crippen LogP contribution in [0.15, 0.2) is 12.1 Å². The summed E-state index contributed by atoms with van der Waals surface area (Å²) in [7, 11) is 0. The molecule has 2 amide bonds. The quantitative estimate of drug-likeness (QED) is 0.629. The normalized spacial score (nSPS) is 10.4. The lowest BCUT2D eigenvalue weighted by Crippen LogP contribution is -2.34. The molecule has 0 saturated carbocycles. The Labute approximate surface area is 93.1 Å². The number of rotatable bonds is 3. The van der Waals surface area contributed by atoms with Crippen molar-refractivity contribution in [1.82, 2.24) is 0 Å². The molecule has 5 N–H and O–H groups in total. The Balaban J connectivity index is 3.41. The second-order valence-electron chi connectivity index (χ2n) is 3.73. The van der Waals surface area contributed by atoms with Crippen molar-refractivity contribution in [3.05, 3.63) is 28.8 Å². The fraction of sp³-hybridized carbons (Fsp3) is 0.273. The number of aromatic hydroxyl groups is 1. The summed E-state index contributed by atoms with van der Waals surface area (Å²) >= 11 is 0. The van der Waals surface area contributed by atoms with Crippen LogP contribution in [0.3, 0.4) is 0 Å². The number of carbonyl (C=O) groups excluding carboxylic acids is 2. The third-order valence-electron chi connectivity index (χ3n) is 2.44. The maximum absolute atomic E-state index is 11.2. The molecule has 0 aliphatic rings. The largest absolute Gasteiger partial charge is 0.508 e. The molecule has 86 valence electrons. The van der Waals surface area contributed by atoms with Crippen LogP contribution in [-0.2, 0) is 9.59 Å². The van der Waals surface area contributed by atoms with E-state index in [2.05, 4.69) is 0 Å². The van der Waals surface area contributed by atoms with Crippen LogP contribution >= 0.6 is 0 Å². The first-order valence-electron chi connectivity index (χ1n) is 4.73. The van der Waals surface area contributed by atoms with Crippen LogP contribution in [0, 0.1) is 13.8 Å². The highest BCUT2D eigenvalue weighted by atomic mass is 16.3. The van der Waals surface area contributed by atoms with Crippen molar-refractivity contribution in [2.75, 3.05) is 0 Å². The molecule has 0 spiro atoms. The van der Waals surface area contributed by atoms with Crippen LogP contribution in [-0.4, -0.2) is 16.9 Å². The maximum atomic E-state index is 11.2. The highest BCUT2D eigenvalue weighted by Crippen LogP contribution is 2.27. The number of primary amides is 2. The average Bonchev–Trinajstić information content (AvgIpc) is 2.09. The number of nitrogens with two attached hydrogens (primary N) is 2. The van der Waals surface area contributed by atoms with Crippen molar-refractivity contribution < 1.29 is 14.7 Å². The van der Waals surface area contributed by atoms with Crippen molar-refractivity contribution in [3.8, 4) is 5.75 Å². The zero-order valence-electron chi connectivity index (χ0n) is 9.15. The monoisotopic (exact) mass is 222 g/mol. The number of hydrogen-bond acceptors (Lipinski definition) is 3. The Morgan fingerprint density at radius 3 is 1.81 bits per heavy atom. The number of benzene rings is 1. The minimum atomic E-state index is -1.15. The predicted octanol–water partition coefficient (Wildman–Crippen LogP) is 0.0632. The van der Waals surface area contributed by atoms with Crippen LogP contribution in [0.1, 0.15) is 22.6 Å². The molecule has 0 fully saturated rings. The number of phenolic OH excluding ortho intramolecular Hbond substituents is 1. The molecule has 1 aromatic rings. The van der Waals surface area contributed by atoms with E-state index in [0.717, 1.165) is 0 Å². The molecule has 0 atom stereocenters. The molecular weight excluding hydrogens is 208 g/mol. The summed E-state index contributed by atoms with van der Waals surface area (Å²) in [4.78, 5) is 22.4. The molecule has 16 heavy (non-hydrogen) atoms. The summed E-state index contributed by atoms with van der Waals surface area (Å²) < 4.78 is 0. The molecule has 5 heteroatoms. The van der Waals surface area contributed by atoms with Gasteiger partial charge in [0.05, 0.1) is 0 Å². The second-order valence-corrected chi connectivity index (χ2v) is 3.73. The van der Waals surface area contributed by atoms with E-state index < -0.39 is 17.7 Å². The summed E-state index contributed by atoms with van der Waals surface area (Å²) in [6.07, 6.45) is 0. The van der Waals surface area contributed by atoms with Gasteiger partial charge in [0.15, 0.2) is 0 Å². The van der Waals surface area contributed by atoms with Crippen molar-refractivity contribution in [3.63, 3.8) is 0 Å². The first kappa shape index (κ1) is 12.0. The third kappa shape index (κ3) is 2.13. The SMILES string of the molecule is Cc1cc(O)cc(C)c1C(C(N)=O)C(N)=O. The van der Waals surface area contributed by atoms with E-state index in [1.165, 1.54) is 12.1 Å². The first-order valence-corrected chi connectivity index (χ1v) is 4.73. The zero-order valence-corrected chi connectivity index (χ0v) is 9.15. The molecule has 1 rings (SSSR count). The minimum Gasteiger partial charge on any atom is -0.508 e. The number of amides is 2. The zero-order chi connectivity index (χ0) is 12.5. The third-order valence-corrected chi connectivity index (χ3v) is 2.44. The molecule has 0 saturated heterocycles. The van der Waals surface area contributed by atoms with Gasteiger partial charge >= 0.3 is 0 Å². The van der Waals surface area contributed by atoms with Gasteiger partial charge in [0.1, 0.15) is 11.7 Å². The van der Waals surface area contributed by atoms with E-state index >= 15 is 0 Å². The topological polar surface area (TPSA) is 106 Å². The van der Waals surface area contributed by atoms with E-state index in [9.17, 15) is 14.7 Å². The fourth-order valence-corrected chi connectivity index (χ4v) is 1.83. The van der Waals surface area contributed by atoms with Crippen LogP contribution in [0.2, 0.25) is 0 Å². The van der Waals surface area contributed by atoms with Gasteiger partial charge in [0.25, 0.3) is 0 Å². The Morgan fingerprint density at radius 2 is 1.50 bits per heavy atom. The van der Waals surface area contributed by atoms with Gasteiger partial charge in [-0.25, -0.2) is 0 Å². The molecule has 1 aromatic carbocycles. The number of phenols is 1. The van der Waals surface area contributed by atoms with Gasteiger partial charge in [0.2, 0.25) is 11.8 Å². The maximum Gasteiger partial charge on any atom is 0.234 e. The molecule has 0 bridgehead atoms. The summed E-state index contributed by atoms with van der Waals surface area (Å²) in [6.45, 7) is 3.36. The van der Waals surface area contributed by atoms with E-state index in [4.69, 9.17) is 11.5 Å². The Kier molecular flexibility index (Phi) is 3.17. The van der Waals surface area contributed by atoms with Crippen LogP contribution in [0.5, 0.6) is 5.75 Å². The summed E-state index contributed by atoms with van der Waals surface area (Å²) in [5.74, 6) is -2.65. The van der Waals surface area contributed by atoms with Gasteiger partial charge in [-0.1, -0.05) is 0 Å². The Morgan fingerprint density at radius 1 is 1.12 bits per heavy atom. The van der Waals surface area contributed by atoms with E-state index in [1.54, 1.807) is 13.8 Å². The predicted molar refractivity (Wildman–Crippen MR) is 58.7 cm³/mol. The first-order chi connectivity index (χ1) is 7.34. The lowest BCUT2D eigenvalue weighted by molar-refractivity contribution is -0.128. The van der Waals surface area contributed by atoms with Crippen LogP contribution in [0.4, 0.5) is 0 Å². The standard InChI is InChI=1S/C11H14N2O3/c1-5-3-7(14)4-6(2)8(5)9(10(12)15)11(13)16/h3-4,9,14H,1-2H3,(H2,12,15)(H2,13,16). The fourth-order valence-electron chi connectivity index (χ4n) is 1.83. The Bertz CT molecular complexity index is 418. The summed E-state index contributed by atoms with van der Waals surface area (Å²) in [5, 5.41) is 9.34.